The minimum atomic E-state index is -0.664. The summed E-state index contributed by atoms with van der Waals surface area (Å²) in [6.07, 6.45) is -1.26. The molecule has 0 heterocycles. The lowest BCUT2D eigenvalue weighted by atomic mass is 10.1. The van der Waals surface area contributed by atoms with Gasteiger partial charge in [0.05, 0.1) is 12.7 Å². The summed E-state index contributed by atoms with van der Waals surface area (Å²) in [5.41, 5.74) is 1.79. The highest BCUT2D eigenvalue weighted by Gasteiger charge is 2.11. The molecule has 96 valence electrons. The van der Waals surface area contributed by atoms with Gasteiger partial charge in [0.1, 0.15) is 18.5 Å². The van der Waals surface area contributed by atoms with E-state index in [1.807, 2.05) is 19.1 Å². The molecule has 1 aromatic rings. The van der Waals surface area contributed by atoms with E-state index in [1.54, 1.807) is 13.0 Å². The van der Waals surface area contributed by atoms with Gasteiger partial charge in [-0.2, -0.15) is 0 Å². The summed E-state index contributed by atoms with van der Waals surface area (Å²) in [7, 11) is 1.52. The molecule has 0 aliphatic carbocycles. The van der Waals surface area contributed by atoms with E-state index in [0.717, 1.165) is 11.1 Å². The zero-order chi connectivity index (χ0) is 12.8. The van der Waals surface area contributed by atoms with Crippen LogP contribution in [0.5, 0.6) is 5.75 Å². The van der Waals surface area contributed by atoms with Gasteiger partial charge in [-0.25, -0.2) is 0 Å². The van der Waals surface area contributed by atoms with Crippen LogP contribution in [0.1, 0.15) is 24.2 Å². The van der Waals surface area contributed by atoms with Gasteiger partial charge in [0.2, 0.25) is 0 Å². The van der Waals surface area contributed by atoms with Crippen molar-refractivity contribution in [1.29, 1.82) is 0 Å². The maximum atomic E-state index is 9.63. The average molecular weight is 240 g/mol. The van der Waals surface area contributed by atoms with Crippen molar-refractivity contribution >= 4 is 0 Å². The first kappa shape index (κ1) is 14.0. The molecule has 0 fully saturated rings. The third kappa shape index (κ3) is 4.34. The topological polar surface area (TPSA) is 58.9 Å². The van der Waals surface area contributed by atoms with Gasteiger partial charge in [-0.05, 0) is 26.0 Å². The molecule has 0 saturated heterocycles. The Bertz CT molecular complexity index is 349. The van der Waals surface area contributed by atoms with E-state index in [4.69, 9.17) is 9.47 Å². The molecule has 0 amide bonds. The van der Waals surface area contributed by atoms with Crippen molar-refractivity contribution in [3.63, 3.8) is 0 Å². The van der Waals surface area contributed by atoms with Gasteiger partial charge in [0.25, 0.3) is 0 Å². The molecule has 1 rings (SSSR count). The van der Waals surface area contributed by atoms with Crippen molar-refractivity contribution in [1.82, 2.24) is 0 Å². The average Bonchev–Trinajstić information content (AvgIpc) is 2.27. The molecule has 1 aromatic carbocycles. The minimum absolute atomic E-state index is 0.149. The second kappa shape index (κ2) is 6.59. The fourth-order valence-electron chi connectivity index (χ4n) is 1.55. The molecule has 0 aliphatic rings. The van der Waals surface area contributed by atoms with E-state index < -0.39 is 12.2 Å². The van der Waals surface area contributed by atoms with E-state index in [2.05, 4.69) is 0 Å². The Hall–Kier alpha value is -1.10. The lowest BCUT2D eigenvalue weighted by Crippen LogP contribution is -2.23. The first-order valence-electron chi connectivity index (χ1n) is 5.63. The lowest BCUT2D eigenvalue weighted by Gasteiger charge is -2.16. The van der Waals surface area contributed by atoms with E-state index in [-0.39, 0.29) is 13.2 Å². The predicted octanol–water partition coefficient (Wildman–Crippen LogP) is 1.43. The molecule has 4 nitrogen and oxygen atoms in total. The van der Waals surface area contributed by atoms with Crippen molar-refractivity contribution in [2.75, 3.05) is 20.3 Å². The summed E-state index contributed by atoms with van der Waals surface area (Å²) < 4.78 is 10.3. The highest BCUT2D eigenvalue weighted by molar-refractivity contribution is 5.38. The monoisotopic (exact) mass is 240 g/mol. The summed E-state index contributed by atoms with van der Waals surface area (Å²) in [6, 6.07) is 5.59. The van der Waals surface area contributed by atoms with Crippen LogP contribution >= 0.6 is 0 Å². The zero-order valence-electron chi connectivity index (χ0n) is 10.5. The maximum Gasteiger partial charge on any atom is 0.125 e. The summed E-state index contributed by atoms with van der Waals surface area (Å²) in [4.78, 5) is 0. The molecular formula is C13H20O4. The normalized spacial score (nSPS) is 14.4. The number of aryl methyl sites for hydroxylation is 1. The first-order chi connectivity index (χ1) is 8.04. The smallest absolute Gasteiger partial charge is 0.125 e. The van der Waals surface area contributed by atoms with Crippen LogP contribution in [0, 0.1) is 6.92 Å². The highest BCUT2D eigenvalue weighted by atomic mass is 16.5. The quantitative estimate of drug-likeness (QED) is 0.790. The molecule has 0 radical (unpaired) electrons. The minimum Gasteiger partial charge on any atom is -0.490 e. The van der Waals surface area contributed by atoms with Crippen LogP contribution in [0.15, 0.2) is 18.2 Å². The van der Waals surface area contributed by atoms with Crippen LogP contribution in [0.4, 0.5) is 0 Å². The van der Waals surface area contributed by atoms with Gasteiger partial charge in [-0.15, -0.1) is 0 Å². The lowest BCUT2D eigenvalue weighted by molar-refractivity contribution is 0.0316. The van der Waals surface area contributed by atoms with Crippen molar-refractivity contribution in [3.8, 4) is 5.75 Å². The Kier molecular flexibility index (Phi) is 5.41. The summed E-state index contributed by atoms with van der Waals surface area (Å²) in [5, 5.41) is 19.1. The van der Waals surface area contributed by atoms with Crippen molar-refractivity contribution in [2.45, 2.75) is 26.1 Å². The van der Waals surface area contributed by atoms with E-state index in [0.29, 0.717) is 5.75 Å². The molecule has 1 unspecified atom stereocenters. The van der Waals surface area contributed by atoms with Gasteiger partial charge < -0.3 is 19.7 Å². The Labute approximate surface area is 102 Å². The fourth-order valence-corrected chi connectivity index (χ4v) is 1.55. The fraction of sp³-hybridized carbons (Fsp3) is 0.538. The Morgan fingerprint density at radius 2 is 1.94 bits per heavy atom. The van der Waals surface area contributed by atoms with E-state index in [1.165, 1.54) is 7.11 Å². The zero-order valence-corrected chi connectivity index (χ0v) is 10.5. The molecule has 4 heteroatoms. The van der Waals surface area contributed by atoms with Gasteiger partial charge in [0.15, 0.2) is 0 Å². The molecular weight excluding hydrogens is 220 g/mol. The standard InChI is InChI=1S/C13H20O4/c1-9-4-5-13(12(6-9)10(2)14)17-8-11(15)7-16-3/h4-6,10-11,14-15H,7-8H2,1-3H3/t10-,11?/m1/s1. The highest BCUT2D eigenvalue weighted by Crippen LogP contribution is 2.26. The molecule has 17 heavy (non-hydrogen) atoms. The van der Waals surface area contributed by atoms with Crippen molar-refractivity contribution < 1.29 is 19.7 Å². The van der Waals surface area contributed by atoms with Gasteiger partial charge in [-0.3, -0.25) is 0 Å². The van der Waals surface area contributed by atoms with Crippen LogP contribution in [-0.2, 0) is 4.74 Å². The molecule has 0 spiro atoms. The molecule has 2 atom stereocenters. The van der Waals surface area contributed by atoms with E-state index >= 15 is 0 Å². The van der Waals surface area contributed by atoms with Crippen LogP contribution in [0.2, 0.25) is 0 Å². The van der Waals surface area contributed by atoms with Gasteiger partial charge in [0, 0.05) is 12.7 Å². The first-order valence-corrected chi connectivity index (χ1v) is 5.63. The molecule has 0 bridgehead atoms. The Morgan fingerprint density at radius 3 is 2.53 bits per heavy atom. The van der Waals surface area contributed by atoms with Crippen molar-refractivity contribution in [2.24, 2.45) is 0 Å². The summed E-state index contributed by atoms with van der Waals surface area (Å²) >= 11 is 0. The third-order valence-corrected chi connectivity index (χ3v) is 2.41. The second-order valence-corrected chi connectivity index (χ2v) is 4.14. The number of hydrogen-bond donors (Lipinski definition) is 2. The summed E-state index contributed by atoms with van der Waals surface area (Å²) in [6.45, 7) is 4.02. The maximum absolute atomic E-state index is 9.63. The molecule has 0 aliphatic heterocycles. The van der Waals surface area contributed by atoms with Crippen LogP contribution < -0.4 is 4.74 Å². The predicted molar refractivity (Wildman–Crippen MR) is 65.2 cm³/mol. The Morgan fingerprint density at radius 1 is 1.24 bits per heavy atom. The van der Waals surface area contributed by atoms with Crippen LogP contribution in [0.25, 0.3) is 0 Å². The number of hydrogen-bond acceptors (Lipinski definition) is 4. The number of aliphatic hydroxyl groups is 2. The van der Waals surface area contributed by atoms with Gasteiger partial charge >= 0.3 is 0 Å². The van der Waals surface area contributed by atoms with Crippen LogP contribution in [-0.4, -0.2) is 36.6 Å². The largest absolute Gasteiger partial charge is 0.490 e. The Balaban J connectivity index is 2.70. The summed E-state index contributed by atoms with van der Waals surface area (Å²) in [5.74, 6) is 0.598. The number of methoxy groups -OCH3 is 1. The van der Waals surface area contributed by atoms with Gasteiger partial charge in [-0.1, -0.05) is 11.6 Å². The SMILES string of the molecule is COCC(O)COc1ccc(C)cc1[C@@H](C)O. The molecule has 0 aromatic heterocycles. The number of ether oxygens (including phenoxy) is 2. The number of rotatable bonds is 6. The van der Waals surface area contributed by atoms with Crippen molar-refractivity contribution in [3.05, 3.63) is 29.3 Å². The second-order valence-electron chi connectivity index (χ2n) is 4.14. The number of benzene rings is 1. The van der Waals surface area contributed by atoms with E-state index in [9.17, 15) is 10.2 Å². The van der Waals surface area contributed by atoms with Crippen LogP contribution in [0.3, 0.4) is 0 Å². The number of aliphatic hydroxyl groups excluding tert-OH is 2. The molecule has 0 saturated carbocycles. The third-order valence-electron chi connectivity index (χ3n) is 2.41. The molecule has 2 N–H and O–H groups in total.